The number of anilines is 1. The Morgan fingerprint density at radius 2 is 2.20 bits per heavy atom. The van der Waals surface area contributed by atoms with Crippen molar-refractivity contribution in [3.8, 4) is 0 Å². The van der Waals surface area contributed by atoms with Gasteiger partial charge in [-0.2, -0.15) is 0 Å². The van der Waals surface area contributed by atoms with Crippen LogP contribution in [0.3, 0.4) is 0 Å². The average Bonchev–Trinajstić information content (AvgIpc) is 2.57. The van der Waals surface area contributed by atoms with E-state index in [1.165, 1.54) is 5.69 Å². The number of nitrogens with zero attached hydrogens (tertiary/aromatic N) is 2. The molecule has 2 rings (SSSR count). The Bertz CT molecular complexity index is 485. The van der Waals surface area contributed by atoms with E-state index in [1.54, 1.807) is 6.20 Å². The summed E-state index contributed by atoms with van der Waals surface area (Å²) >= 11 is 0. The smallest absolute Gasteiger partial charge is 0.0687 e. The number of aromatic nitrogens is 2. The van der Waals surface area contributed by atoms with Crippen LogP contribution in [0.2, 0.25) is 0 Å². The fourth-order valence-corrected chi connectivity index (χ4v) is 1.97. The molecule has 0 aliphatic carbocycles. The third-order valence-corrected chi connectivity index (χ3v) is 3.16. The first-order valence-electron chi connectivity index (χ1n) is 5.34. The maximum absolute atomic E-state index is 5.90. The lowest BCUT2D eigenvalue weighted by Gasteiger charge is -2.09. The molecule has 2 aromatic rings. The number of hydrogen-bond acceptors (Lipinski definition) is 2. The highest BCUT2D eigenvalue weighted by atomic mass is 15.0. The van der Waals surface area contributed by atoms with Gasteiger partial charge in [0.25, 0.3) is 0 Å². The van der Waals surface area contributed by atoms with Crippen LogP contribution in [0, 0.1) is 0 Å². The summed E-state index contributed by atoms with van der Waals surface area (Å²) in [5, 5.41) is 1.11. The second kappa shape index (κ2) is 3.57. The summed E-state index contributed by atoms with van der Waals surface area (Å²) in [5.74, 6) is 0.557. The van der Waals surface area contributed by atoms with Crippen LogP contribution in [0.15, 0.2) is 18.5 Å². The summed E-state index contributed by atoms with van der Waals surface area (Å²) in [6.45, 7) is 4.43. The zero-order chi connectivity index (χ0) is 11.0. The molecule has 0 bridgehead atoms. The van der Waals surface area contributed by atoms with E-state index in [9.17, 15) is 0 Å². The number of pyridine rings is 1. The van der Waals surface area contributed by atoms with E-state index in [1.807, 2.05) is 6.20 Å². The van der Waals surface area contributed by atoms with Gasteiger partial charge in [0.1, 0.15) is 0 Å². The van der Waals surface area contributed by atoms with Crippen LogP contribution in [-0.4, -0.2) is 9.55 Å². The van der Waals surface area contributed by atoms with Crippen molar-refractivity contribution in [3.05, 3.63) is 24.2 Å². The number of hydrogen-bond donors (Lipinski definition) is 1. The van der Waals surface area contributed by atoms with Gasteiger partial charge in [-0.1, -0.05) is 13.8 Å². The molecule has 3 nitrogen and oxygen atoms in total. The molecule has 15 heavy (non-hydrogen) atoms. The first-order chi connectivity index (χ1) is 7.15. The van der Waals surface area contributed by atoms with Crippen molar-refractivity contribution >= 4 is 16.6 Å². The lowest BCUT2D eigenvalue weighted by Crippen LogP contribution is -1.99. The highest BCUT2D eigenvalue weighted by Crippen LogP contribution is 2.28. The molecule has 0 radical (unpaired) electrons. The number of fused-ring (bicyclic) bond motifs is 1. The third kappa shape index (κ3) is 1.48. The molecule has 3 heteroatoms. The third-order valence-electron chi connectivity index (χ3n) is 3.16. The average molecular weight is 203 g/mol. The lowest BCUT2D eigenvalue weighted by molar-refractivity contribution is 0.673. The van der Waals surface area contributed by atoms with Crippen molar-refractivity contribution in [1.29, 1.82) is 0 Å². The van der Waals surface area contributed by atoms with Crippen LogP contribution in [0.25, 0.3) is 10.9 Å². The van der Waals surface area contributed by atoms with Gasteiger partial charge in [0.05, 0.1) is 23.6 Å². The van der Waals surface area contributed by atoms with E-state index < -0.39 is 0 Å². The summed E-state index contributed by atoms with van der Waals surface area (Å²) in [6.07, 6.45) is 4.72. The highest BCUT2D eigenvalue weighted by Gasteiger charge is 2.12. The molecule has 0 saturated heterocycles. The van der Waals surface area contributed by atoms with Crippen LogP contribution in [0.4, 0.5) is 5.69 Å². The predicted molar refractivity (Wildman–Crippen MR) is 63.8 cm³/mol. The fraction of sp³-hybridized carbons (Fsp3) is 0.417. The molecular weight excluding hydrogens is 186 g/mol. The Morgan fingerprint density at radius 3 is 2.80 bits per heavy atom. The van der Waals surface area contributed by atoms with Gasteiger partial charge in [-0.05, 0) is 18.4 Å². The standard InChI is InChI=1S/C12H17N3/c1-4-8(2)11-5-9-10(13)6-14-7-12(9)15(11)3/h5-8H,4,13H2,1-3H3. The van der Waals surface area contributed by atoms with Crippen molar-refractivity contribution in [3.63, 3.8) is 0 Å². The Morgan fingerprint density at radius 1 is 1.47 bits per heavy atom. The van der Waals surface area contributed by atoms with Crippen LogP contribution in [0.5, 0.6) is 0 Å². The maximum atomic E-state index is 5.90. The zero-order valence-electron chi connectivity index (χ0n) is 9.49. The van der Waals surface area contributed by atoms with Crippen molar-refractivity contribution in [2.75, 3.05) is 5.73 Å². The topological polar surface area (TPSA) is 43.8 Å². The van der Waals surface area contributed by atoms with Gasteiger partial charge in [-0.15, -0.1) is 0 Å². The minimum Gasteiger partial charge on any atom is -0.397 e. The normalized spacial score (nSPS) is 13.3. The number of nitrogens with two attached hydrogens (primary N) is 1. The molecule has 0 fully saturated rings. The Balaban J connectivity index is 2.69. The summed E-state index contributed by atoms with van der Waals surface area (Å²) in [5.41, 5.74) is 9.11. The molecule has 0 spiro atoms. The van der Waals surface area contributed by atoms with E-state index in [-0.39, 0.29) is 0 Å². The van der Waals surface area contributed by atoms with Crippen LogP contribution < -0.4 is 5.73 Å². The first-order valence-corrected chi connectivity index (χ1v) is 5.34. The molecule has 2 N–H and O–H groups in total. The summed E-state index contributed by atoms with van der Waals surface area (Å²) < 4.78 is 2.19. The molecule has 1 unspecified atom stereocenters. The van der Waals surface area contributed by atoms with Gasteiger partial charge >= 0.3 is 0 Å². The van der Waals surface area contributed by atoms with E-state index in [2.05, 4.69) is 36.5 Å². The summed E-state index contributed by atoms with van der Waals surface area (Å²) in [6, 6.07) is 2.18. The quantitative estimate of drug-likeness (QED) is 0.815. The van der Waals surface area contributed by atoms with Gasteiger partial charge in [0, 0.05) is 18.1 Å². The van der Waals surface area contributed by atoms with E-state index in [0.717, 1.165) is 23.0 Å². The van der Waals surface area contributed by atoms with Gasteiger partial charge in [0.15, 0.2) is 0 Å². The summed E-state index contributed by atoms with van der Waals surface area (Å²) in [4.78, 5) is 4.13. The first kappa shape index (κ1) is 10.0. The molecule has 1 atom stereocenters. The van der Waals surface area contributed by atoms with E-state index >= 15 is 0 Å². The van der Waals surface area contributed by atoms with Gasteiger partial charge in [-0.3, -0.25) is 4.98 Å². The van der Waals surface area contributed by atoms with Crippen LogP contribution in [-0.2, 0) is 7.05 Å². The molecule has 0 saturated carbocycles. The second-order valence-corrected chi connectivity index (χ2v) is 4.10. The van der Waals surface area contributed by atoms with Gasteiger partial charge < -0.3 is 10.3 Å². The van der Waals surface area contributed by atoms with Crippen LogP contribution >= 0.6 is 0 Å². The predicted octanol–water partition coefficient (Wildman–Crippen LogP) is 2.67. The van der Waals surface area contributed by atoms with E-state index in [4.69, 9.17) is 5.73 Å². The second-order valence-electron chi connectivity index (χ2n) is 4.10. The summed E-state index contributed by atoms with van der Waals surface area (Å²) in [7, 11) is 2.07. The minimum absolute atomic E-state index is 0.557. The zero-order valence-corrected chi connectivity index (χ0v) is 9.49. The van der Waals surface area contributed by atoms with Crippen LogP contribution in [0.1, 0.15) is 31.9 Å². The fourth-order valence-electron chi connectivity index (χ4n) is 1.97. The van der Waals surface area contributed by atoms with E-state index in [0.29, 0.717) is 5.92 Å². The highest BCUT2D eigenvalue weighted by molar-refractivity contribution is 5.91. The molecule has 0 aliphatic rings. The van der Waals surface area contributed by atoms with Gasteiger partial charge in [-0.25, -0.2) is 0 Å². The minimum atomic E-state index is 0.557. The Labute approximate surface area is 89.9 Å². The lowest BCUT2D eigenvalue weighted by atomic mass is 10.1. The van der Waals surface area contributed by atoms with Gasteiger partial charge in [0.2, 0.25) is 0 Å². The Kier molecular flexibility index (Phi) is 2.39. The van der Waals surface area contributed by atoms with Crippen molar-refractivity contribution in [1.82, 2.24) is 9.55 Å². The molecule has 0 aromatic carbocycles. The monoisotopic (exact) mass is 203 g/mol. The molecule has 80 valence electrons. The SMILES string of the molecule is CCC(C)c1cc2c(N)cncc2n1C. The Hall–Kier alpha value is -1.51. The van der Waals surface area contributed by atoms with Crippen molar-refractivity contribution < 1.29 is 0 Å². The van der Waals surface area contributed by atoms with Crippen molar-refractivity contribution in [2.24, 2.45) is 7.05 Å². The number of rotatable bonds is 2. The molecule has 0 amide bonds. The number of nitrogen functional groups attached to an aromatic ring is 1. The molecule has 2 aromatic heterocycles. The molecular formula is C12H17N3. The molecule has 2 heterocycles. The number of aryl methyl sites for hydroxylation is 1. The largest absolute Gasteiger partial charge is 0.397 e. The molecule has 0 aliphatic heterocycles. The maximum Gasteiger partial charge on any atom is 0.0687 e. The van der Waals surface area contributed by atoms with Crippen molar-refractivity contribution in [2.45, 2.75) is 26.2 Å².